The number of halogens is 1. The van der Waals surface area contributed by atoms with Gasteiger partial charge in [0.1, 0.15) is 23.8 Å². The number of nitrogen functional groups attached to an aromatic ring is 1. The molecule has 0 aliphatic rings. The minimum atomic E-state index is -0.470. The average molecular weight is 442 g/mol. The number of urea groups is 1. The number of nitrogens with zero attached hydrogens (tertiary/aromatic N) is 4. The van der Waals surface area contributed by atoms with Crippen LogP contribution in [-0.4, -0.2) is 33.7 Å². The first-order valence-corrected chi connectivity index (χ1v) is 9.76. The summed E-state index contributed by atoms with van der Waals surface area (Å²) < 4.78 is 0. The lowest BCUT2D eigenvalue weighted by molar-refractivity contribution is 0.262. The van der Waals surface area contributed by atoms with Gasteiger partial charge < -0.3 is 21.8 Å². The average Bonchev–Trinajstić information content (AvgIpc) is 3.16. The van der Waals surface area contributed by atoms with Crippen molar-refractivity contribution < 1.29 is 4.79 Å². The molecule has 2 aromatic heterocycles. The van der Waals surface area contributed by atoms with Gasteiger partial charge in [0.15, 0.2) is 10.9 Å². The van der Waals surface area contributed by atoms with Crippen LogP contribution in [0.5, 0.6) is 0 Å². The molecule has 0 atom stereocenters. The monoisotopic (exact) mass is 441 g/mol. The summed E-state index contributed by atoms with van der Waals surface area (Å²) in [6, 6.07) is 6.11. The molecule has 12 heteroatoms. The Kier molecular flexibility index (Phi) is 6.74. The molecule has 0 aliphatic carbocycles. The summed E-state index contributed by atoms with van der Waals surface area (Å²) in [7, 11) is 0. The highest BCUT2D eigenvalue weighted by Gasteiger charge is 2.09. The summed E-state index contributed by atoms with van der Waals surface area (Å²) in [5, 5.41) is 25.2. The lowest BCUT2D eigenvalue weighted by Gasteiger charge is -2.08. The van der Waals surface area contributed by atoms with Crippen molar-refractivity contribution in [2.45, 2.75) is 6.42 Å². The predicted octanol–water partition coefficient (Wildman–Crippen LogP) is 3.34. The number of carbonyl (C=O) groups is 1. The van der Waals surface area contributed by atoms with Crippen molar-refractivity contribution in [3.05, 3.63) is 51.9 Å². The molecule has 0 bridgehead atoms. The number of hydrogen-bond acceptors (Lipinski definition) is 9. The Morgan fingerprint density at radius 1 is 1.33 bits per heavy atom. The summed E-state index contributed by atoms with van der Waals surface area (Å²) in [4.78, 5) is 25.2. The lowest BCUT2D eigenvalue weighted by Crippen LogP contribution is -2.19. The minimum absolute atomic E-state index is 0.261. The summed E-state index contributed by atoms with van der Waals surface area (Å²) in [6.45, 7) is 0.538. The van der Waals surface area contributed by atoms with Gasteiger partial charge in [-0.3, -0.25) is 5.32 Å². The Labute approximate surface area is 180 Å². The molecule has 0 aliphatic heterocycles. The highest BCUT2D eigenvalue weighted by molar-refractivity contribution is 7.15. The largest absolute Gasteiger partial charge is 0.394 e. The zero-order valence-electron chi connectivity index (χ0n) is 15.4. The molecule has 6 N–H and O–H groups in total. The fourth-order valence-electron chi connectivity index (χ4n) is 2.39. The van der Waals surface area contributed by atoms with Crippen LogP contribution in [0.4, 0.5) is 27.1 Å². The van der Waals surface area contributed by atoms with E-state index in [1.54, 1.807) is 12.3 Å². The van der Waals surface area contributed by atoms with E-state index in [1.165, 1.54) is 29.8 Å². The van der Waals surface area contributed by atoms with Gasteiger partial charge in [0, 0.05) is 35.9 Å². The maximum absolute atomic E-state index is 12.1. The lowest BCUT2D eigenvalue weighted by atomic mass is 10.2. The van der Waals surface area contributed by atoms with Gasteiger partial charge in [-0.2, -0.15) is 5.26 Å². The van der Waals surface area contributed by atoms with E-state index < -0.39 is 6.03 Å². The van der Waals surface area contributed by atoms with Crippen LogP contribution in [-0.2, 0) is 6.42 Å². The second-order valence-corrected chi connectivity index (χ2v) is 7.38. The van der Waals surface area contributed by atoms with Gasteiger partial charge in [0.2, 0.25) is 0 Å². The number of rotatable bonds is 7. The van der Waals surface area contributed by atoms with Gasteiger partial charge in [-0.1, -0.05) is 11.6 Å². The summed E-state index contributed by atoms with van der Waals surface area (Å²) in [6.07, 6.45) is 4.72. The highest BCUT2D eigenvalue weighted by Crippen LogP contribution is 2.22. The molecule has 0 spiro atoms. The summed E-state index contributed by atoms with van der Waals surface area (Å²) in [5.74, 6) is 0.465. The topological polar surface area (TPSA) is 165 Å². The number of nitrogens with two attached hydrogens (primary N) is 1. The van der Waals surface area contributed by atoms with Crippen LogP contribution in [0.1, 0.15) is 16.1 Å². The van der Waals surface area contributed by atoms with Crippen molar-refractivity contribution in [3.63, 3.8) is 0 Å². The number of carbonyl (C=O) groups excluding carboxylic acids is 1. The number of aromatic nitrogens is 3. The fourth-order valence-corrected chi connectivity index (χ4v) is 3.42. The highest BCUT2D eigenvalue weighted by atomic mass is 35.5. The standard InChI is InChI=1S/C18H16ClN9OS/c19-13-5-11(2-1-10(13)6-20)27-17(29)28-18-24-8-12(30-18)3-4-23-16-15(22)14(7-21)25-9-26-16/h1-2,5,7-9,21H,3-4,22H2,(H,23,25,26)(H2,24,27,28,29). The summed E-state index contributed by atoms with van der Waals surface area (Å²) >= 11 is 7.29. The number of nitrogens with one attached hydrogen (secondary N) is 4. The third-order valence-corrected chi connectivity index (χ3v) is 5.12. The second kappa shape index (κ2) is 9.64. The number of thiazole rings is 1. The Balaban J connectivity index is 1.51. The third kappa shape index (κ3) is 5.19. The van der Waals surface area contributed by atoms with E-state index >= 15 is 0 Å². The van der Waals surface area contributed by atoms with Crippen molar-refractivity contribution in [1.29, 1.82) is 10.7 Å². The zero-order chi connectivity index (χ0) is 21.5. The molecule has 10 nitrogen and oxygen atoms in total. The van der Waals surface area contributed by atoms with E-state index in [4.69, 9.17) is 28.0 Å². The van der Waals surface area contributed by atoms with Crippen molar-refractivity contribution in [2.75, 3.05) is 28.2 Å². The Hall–Kier alpha value is -3.75. The fraction of sp³-hybridized carbons (Fsp3) is 0.111. The number of anilines is 4. The van der Waals surface area contributed by atoms with E-state index in [-0.39, 0.29) is 5.02 Å². The Morgan fingerprint density at radius 2 is 2.17 bits per heavy atom. The van der Waals surface area contributed by atoms with Gasteiger partial charge in [0.05, 0.1) is 10.6 Å². The third-order valence-electron chi connectivity index (χ3n) is 3.84. The van der Waals surface area contributed by atoms with Crippen LogP contribution >= 0.6 is 22.9 Å². The molecule has 0 saturated carbocycles. The SMILES string of the molecule is N#Cc1ccc(NC(=O)Nc2ncc(CCNc3ncnc(C=N)c3N)s2)cc1Cl. The normalized spacial score (nSPS) is 10.1. The molecule has 2 amide bonds. The first-order chi connectivity index (χ1) is 14.5. The number of nitriles is 1. The molecule has 3 aromatic rings. The van der Waals surface area contributed by atoms with Gasteiger partial charge in [-0.25, -0.2) is 19.7 Å². The first kappa shape index (κ1) is 21.0. The van der Waals surface area contributed by atoms with E-state index in [0.717, 1.165) is 11.1 Å². The summed E-state index contributed by atoms with van der Waals surface area (Å²) in [5.41, 5.74) is 7.36. The van der Waals surface area contributed by atoms with Crippen LogP contribution in [0, 0.1) is 16.7 Å². The number of hydrogen-bond donors (Lipinski definition) is 5. The number of amides is 2. The molecule has 152 valence electrons. The Bertz CT molecular complexity index is 1130. The second-order valence-electron chi connectivity index (χ2n) is 5.86. The van der Waals surface area contributed by atoms with Crippen LogP contribution in [0.3, 0.4) is 0 Å². The van der Waals surface area contributed by atoms with E-state index in [2.05, 4.69) is 30.9 Å². The molecule has 0 unspecified atom stereocenters. The minimum Gasteiger partial charge on any atom is -0.394 e. The molecule has 0 fully saturated rings. The molecule has 0 radical (unpaired) electrons. The predicted molar refractivity (Wildman–Crippen MR) is 117 cm³/mol. The van der Waals surface area contributed by atoms with Gasteiger partial charge in [0.25, 0.3) is 0 Å². The maximum atomic E-state index is 12.1. The van der Waals surface area contributed by atoms with Crippen LogP contribution < -0.4 is 21.7 Å². The van der Waals surface area contributed by atoms with Crippen molar-refractivity contribution >= 4 is 57.5 Å². The molecule has 1 aromatic carbocycles. The molecular formula is C18H16ClN9OS. The van der Waals surface area contributed by atoms with Crippen molar-refractivity contribution in [2.24, 2.45) is 0 Å². The van der Waals surface area contributed by atoms with Crippen molar-refractivity contribution in [3.8, 4) is 6.07 Å². The first-order valence-electron chi connectivity index (χ1n) is 8.57. The maximum Gasteiger partial charge on any atom is 0.325 e. The zero-order valence-corrected chi connectivity index (χ0v) is 17.0. The molecule has 3 rings (SSSR count). The van der Waals surface area contributed by atoms with Crippen LogP contribution in [0.2, 0.25) is 5.02 Å². The van der Waals surface area contributed by atoms with Gasteiger partial charge >= 0.3 is 6.03 Å². The smallest absolute Gasteiger partial charge is 0.325 e. The van der Waals surface area contributed by atoms with E-state index in [1.807, 2.05) is 6.07 Å². The number of benzene rings is 1. The molecule has 2 heterocycles. The molecular weight excluding hydrogens is 426 g/mol. The quantitative estimate of drug-likeness (QED) is 0.350. The van der Waals surface area contributed by atoms with E-state index in [9.17, 15) is 4.79 Å². The van der Waals surface area contributed by atoms with Crippen LogP contribution in [0.15, 0.2) is 30.7 Å². The Morgan fingerprint density at radius 3 is 2.90 bits per heavy atom. The molecule has 30 heavy (non-hydrogen) atoms. The van der Waals surface area contributed by atoms with E-state index in [0.29, 0.717) is 46.5 Å². The van der Waals surface area contributed by atoms with Gasteiger partial charge in [-0.05, 0) is 18.2 Å². The molecule has 0 saturated heterocycles. The van der Waals surface area contributed by atoms with Crippen molar-refractivity contribution in [1.82, 2.24) is 15.0 Å². The van der Waals surface area contributed by atoms with Crippen LogP contribution in [0.25, 0.3) is 0 Å². The van der Waals surface area contributed by atoms with Gasteiger partial charge in [-0.15, -0.1) is 11.3 Å².